The lowest BCUT2D eigenvalue weighted by Gasteiger charge is -2.15. The van der Waals surface area contributed by atoms with Crippen LogP contribution in [0.5, 0.6) is 5.75 Å². The summed E-state index contributed by atoms with van der Waals surface area (Å²) in [4.78, 5) is 0. The third-order valence-corrected chi connectivity index (χ3v) is 2.74. The van der Waals surface area contributed by atoms with Crippen molar-refractivity contribution < 1.29 is 4.74 Å². The maximum absolute atomic E-state index is 5.34. The zero-order valence-electron chi connectivity index (χ0n) is 10.6. The average Bonchev–Trinajstić information content (AvgIpc) is 2.30. The van der Waals surface area contributed by atoms with Crippen molar-refractivity contribution in [3.63, 3.8) is 0 Å². The molecule has 1 atom stereocenters. The zero-order valence-corrected chi connectivity index (χ0v) is 10.6. The Hall–Kier alpha value is -1.02. The van der Waals surface area contributed by atoms with E-state index >= 15 is 0 Å². The largest absolute Gasteiger partial charge is 0.496 e. The molecule has 1 N–H and O–H groups in total. The number of para-hydroxylation sites is 1. The van der Waals surface area contributed by atoms with Gasteiger partial charge < -0.3 is 10.1 Å². The second kappa shape index (κ2) is 7.29. The van der Waals surface area contributed by atoms with E-state index in [0.29, 0.717) is 6.04 Å². The molecule has 0 amide bonds. The van der Waals surface area contributed by atoms with Crippen LogP contribution >= 0.6 is 0 Å². The minimum absolute atomic E-state index is 0.503. The van der Waals surface area contributed by atoms with Crippen molar-refractivity contribution in [2.24, 2.45) is 0 Å². The minimum Gasteiger partial charge on any atom is -0.496 e. The van der Waals surface area contributed by atoms with Gasteiger partial charge in [0.25, 0.3) is 0 Å². The van der Waals surface area contributed by atoms with Crippen molar-refractivity contribution in [2.75, 3.05) is 13.7 Å². The molecule has 0 radical (unpaired) electrons. The number of unbranched alkanes of at least 4 members (excludes halogenated alkanes) is 1. The molecular weight excluding hydrogens is 198 g/mol. The molecule has 0 aliphatic carbocycles. The molecule has 1 rings (SSSR count). The van der Waals surface area contributed by atoms with Crippen LogP contribution in [-0.4, -0.2) is 19.7 Å². The summed E-state index contributed by atoms with van der Waals surface area (Å²) in [7, 11) is 1.73. The number of hydrogen-bond donors (Lipinski definition) is 1. The molecule has 0 aliphatic heterocycles. The first-order chi connectivity index (χ1) is 7.77. The molecule has 16 heavy (non-hydrogen) atoms. The molecule has 0 bridgehead atoms. The fourth-order valence-corrected chi connectivity index (χ4v) is 1.80. The Morgan fingerprint density at radius 3 is 2.75 bits per heavy atom. The number of methoxy groups -OCH3 is 1. The van der Waals surface area contributed by atoms with Crippen LogP contribution in [0.15, 0.2) is 24.3 Å². The number of benzene rings is 1. The molecule has 0 aromatic heterocycles. The van der Waals surface area contributed by atoms with E-state index < -0.39 is 0 Å². The van der Waals surface area contributed by atoms with Gasteiger partial charge >= 0.3 is 0 Å². The van der Waals surface area contributed by atoms with Gasteiger partial charge in [0.1, 0.15) is 5.75 Å². The molecular formula is C14H23NO. The maximum Gasteiger partial charge on any atom is 0.122 e. The first kappa shape index (κ1) is 13.0. The number of nitrogens with one attached hydrogen (secondary N) is 1. The fourth-order valence-electron chi connectivity index (χ4n) is 1.80. The van der Waals surface area contributed by atoms with Gasteiger partial charge in [-0.1, -0.05) is 31.5 Å². The molecule has 0 saturated carbocycles. The Balaban J connectivity index is 2.45. The summed E-state index contributed by atoms with van der Waals surface area (Å²) >= 11 is 0. The van der Waals surface area contributed by atoms with Gasteiger partial charge in [-0.15, -0.1) is 0 Å². The topological polar surface area (TPSA) is 21.3 Å². The molecule has 2 heteroatoms. The van der Waals surface area contributed by atoms with Gasteiger partial charge in [-0.25, -0.2) is 0 Å². The SMILES string of the molecule is CCCCNC(C)Cc1ccccc1OC. The van der Waals surface area contributed by atoms with Crippen LogP contribution in [0.1, 0.15) is 32.3 Å². The van der Waals surface area contributed by atoms with Crippen LogP contribution in [0.2, 0.25) is 0 Å². The molecule has 0 spiro atoms. The van der Waals surface area contributed by atoms with Gasteiger partial charge in [-0.2, -0.15) is 0 Å². The lowest BCUT2D eigenvalue weighted by molar-refractivity contribution is 0.406. The molecule has 0 fully saturated rings. The first-order valence-electron chi connectivity index (χ1n) is 6.13. The van der Waals surface area contributed by atoms with E-state index in [-0.39, 0.29) is 0 Å². The quantitative estimate of drug-likeness (QED) is 0.715. The normalized spacial score (nSPS) is 12.4. The Morgan fingerprint density at radius 2 is 2.06 bits per heavy atom. The van der Waals surface area contributed by atoms with E-state index in [1.165, 1.54) is 18.4 Å². The molecule has 0 aliphatic rings. The zero-order chi connectivity index (χ0) is 11.8. The van der Waals surface area contributed by atoms with Crippen LogP contribution < -0.4 is 10.1 Å². The van der Waals surface area contributed by atoms with Crippen molar-refractivity contribution >= 4 is 0 Å². The third kappa shape index (κ3) is 4.23. The summed E-state index contributed by atoms with van der Waals surface area (Å²) in [6, 6.07) is 8.74. The Kier molecular flexibility index (Phi) is 5.94. The first-order valence-corrected chi connectivity index (χ1v) is 6.13. The number of ether oxygens (including phenoxy) is 1. The van der Waals surface area contributed by atoms with Gasteiger partial charge in [0.2, 0.25) is 0 Å². The van der Waals surface area contributed by atoms with Gasteiger partial charge in [0.15, 0.2) is 0 Å². The Morgan fingerprint density at radius 1 is 1.31 bits per heavy atom. The summed E-state index contributed by atoms with van der Waals surface area (Å²) in [5, 5.41) is 3.53. The van der Waals surface area contributed by atoms with Crippen molar-refractivity contribution in [1.82, 2.24) is 5.32 Å². The van der Waals surface area contributed by atoms with Crippen LogP contribution in [0, 0.1) is 0 Å². The minimum atomic E-state index is 0.503. The number of rotatable bonds is 7. The molecule has 0 heterocycles. The third-order valence-electron chi connectivity index (χ3n) is 2.74. The lowest BCUT2D eigenvalue weighted by Crippen LogP contribution is -2.29. The van der Waals surface area contributed by atoms with Crippen molar-refractivity contribution in [3.8, 4) is 5.75 Å². The second-order valence-electron chi connectivity index (χ2n) is 4.22. The highest BCUT2D eigenvalue weighted by Gasteiger charge is 2.06. The van der Waals surface area contributed by atoms with Crippen LogP contribution in [0.4, 0.5) is 0 Å². The molecule has 1 aromatic carbocycles. The monoisotopic (exact) mass is 221 g/mol. The summed E-state index contributed by atoms with van der Waals surface area (Å²) in [5.74, 6) is 0.992. The summed E-state index contributed by atoms with van der Waals surface area (Å²) < 4.78 is 5.34. The standard InChI is InChI=1S/C14H23NO/c1-4-5-10-15-12(2)11-13-8-6-7-9-14(13)16-3/h6-9,12,15H,4-5,10-11H2,1-3H3. The lowest BCUT2D eigenvalue weighted by atomic mass is 10.1. The summed E-state index contributed by atoms with van der Waals surface area (Å²) in [6.07, 6.45) is 3.51. The molecule has 90 valence electrons. The Bertz CT molecular complexity index is 299. The molecule has 0 saturated heterocycles. The van der Waals surface area contributed by atoms with Gasteiger partial charge in [0.05, 0.1) is 7.11 Å². The second-order valence-corrected chi connectivity index (χ2v) is 4.22. The molecule has 1 aromatic rings. The van der Waals surface area contributed by atoms with Crippen LogP contribution in [0.3, 0.4) is 0 Å². The predicted octanol–water partition coefficient (Wildman–Crippen LogP) is 3.02. The van der Waals surface area contributed by atoms with Gasteiger partial charge in [-0.05, 0) is 37.9 Å². The Labute approximate surface area is 99.0 Å². The van der Waals surface area contributed by atoms with Crippen molar-refractivity contribution in [2.45, 2.75) is 39.2 Å². The highest BCUT2D eigenvalue weighted by Crippen LogP contribution is 2.18. The van der Waals surface area contributed by atoms with Crippen LogP contribution in [0.25, 0.3) is 0 Å². The van der Waals surface area contributed by atoms with E-state index in [2.05, 4.69) is 31.3 Å². The predicted molar refractivity (Wildman–Crippen MR) is 69.1 cm³/mol. The summed E-state index contributed by atoms with van der Waals surface area (Å²) in [6.45, 7) is 5.54. The average molecular weight is 221 g/mol. The van der Waals surface area contributed by atoms with E-state index in [4.69, 9.17) is 4.74 Å². The maximum atomic E-state index is 5.34. The number of hydrogen-bond acceptors (Lipinski definition) is 2. The van der Waals surface area contributed by atoms with E-state index in [0.717, 1.165) is 18.7 Å². The van der Waals surface area contributed by atoms with Crippen molar-refractivity contribution in [3.05, 3.63) is 29.8 Å². The van der Waals surface area contributed by atoms with Crippen molar-refractivity contribution in [1.29, 1.82) is 0 Å². The van der Waals surface area contributed by atoms with E-state index in [1.807, 2.05) is 12.1 Å². The van der Waals surface area contributed by atoms with Gasteiger partial charge in [-0.3, -0.25) is 0 Å². The highest BCUT2D eigenvalue weighted by atomic mass is 16.5. The molecule has 1 unspecified atom stereocenters. The van der Waals surface area contributed by atoms with Crippen LogP contribution in [-0.2, 0) is 6.42 Å². The highest BCUT2D eigenvalue weighted by molar-refractivity contribution is 5.33. The van der Waals surface area contributed by atoms with Gasteiger partial charge in [0, 0.05) is 6.04 Å². The van der Waals surface area contributed by atoms with E-state index in [9.17, 15) is 0 Å². The smallest absolute Gasteiger partial charge is 0.122 e. The molecule has 2 nitrogen and oxygen atoms in total. The van der Waals surface area contributed by atoms with E-state index in [1.54, 1.807) is 7.11 Å². The fraction of sp³-hybridized carbons (Fsp3) is 0.571. The summed E-state index contributed by atoms with van der Waals surface area (Å²) in [5.41, 5.74) is 1.28.